The highest BCUT2D eigenvalue weighted by atomic mass is 16.7. The van der Waals surface area contributed by atoms with Crippen LogP contribution in [0.15, 0.2) is 42.5 Å². The molecule has 1 amide bonds. The Hall–Kier alpha value is -2.53. The lowest BCUT2D eigenvalue weighted by atomic mass is 10.1. The molecule has 2 aliphatic heterocycles. The Labute approximate surface area is 147 Å². The molecule has 0 radical (unpaired) electrons. The fourth-order valence-corrected chi connectivity index (χ4v) is 3.30. The maximum Gasteiger partial charge on any atom is 0.251 e. The van der Waals surface area contributed by atoms with E-state index in [4.69, 9.17) is 9.47 Å². The van der Waals surface area contributed by atoms with Crippen LogP contribution in [0.2, 0.25) is 0 Å². The molecule has 25 heavy (non-hydrogen) atoms. The summed E-state index contributed by atoms with van der Waals surface area (Å²) in [4.78, 5) is 14.8. The van der Waals surface area contributed by atoms with Gasteiger partial charge in [-0.3, -0.25) is 9.69 Å². The Kier molecular flexibility index (Phi) is 4.57. The Bertz CT molecular complexity index is 752. The van der Waals surface area contributed by atoms with E-state index in [1.807, 2.05) is 42.5 Å². The average molecular weight is 338 g/mol. The van der Waals surface area contributed by atoms with Crippen molar-refractivity contribution in [2.45, 2.75) is 25.9 Å². The number of hydrogen-bond donors (Lipinski definition) is 1. The number of rotatable bonds is 5. The van der Waals surface area contributed by atoms with Crippen LogP contribution in [0.1, 0.15) is 34.3 Å². The van der Waals surface area contributed by atoms with Crippen molar-refractivity contribution in [2.75, 3.05) is 19.9 Å². The Morgan fingerprint density at radius 3 is 2.48 bits per heavy atom. The summed E-state index contributed by atoms with van der Waals surface area (Å²) >= 11 is 0. The van der Waals surface area contributed by atoms with Gasteiger partial charge in [0.1, 0.15) is 0 Å². The smallest absolute Gasteiger partial charge is 0.251 e. The molecular weight excluding hydrogens is 316 g/mol. The highest BCUT2D eigenvalue weighted by molar-refractivity contribution is 5.94. The molecular formula is C20H22N2O3. The van der Waals surface area contributed by atoms with Gasteiger partial charge in [-0.25, -0.2) is 0 Å². The topological polar surface area (TPSA) is 50.8 Å². The molecule has 5 heteroatoms. The van der Waals surface area contributed by atoms with Gasteiger partial charge in [-0.15, -0.1) is 0 Å². The number of ether oxygens (including phenoxy) is 2. The Morgan fingerprint density at radius 2 is 1.68 bits per heavy atom. The first kappa shape index (κ1) is 16.0. The lowest BCUT2D eigenvalue weighted by Crippen LogP contribution is -2.23. The molecule has 1 N–H and O–H groups in total. The molecule has 0 unspecified atom stereocenters. The van der Waals surface area contributed by atoms with Crippen LogP contribution in [0.5, 0.6) is 11.5 Å². The van der Waals surface area contributed by atoms with Gasteiger partial charge in [-0.1, -0.05) is 18.2 Å². The first-order valence-electron chi connectivity index (χ1n) is 8.76. The molecule has 0 atom stereocenters. The van der Waals surface area contributed by atoms with Crippen molar-refractivity contribution in [2.24, 2.45) is 0 Å². The van der Waals surface area contributed by atoms with E-state index in [2.05, 4.69) is 10.2 Å². The second kappa shape index (κ2) is 7.15. The number of benzene rings is 2. The zero-order valence-corrected chi connectivity index (χ0v) is 14.2. The summed E-state index contributed by atoms with van der Waals surface area (Å²) in [6.07, 6.45) is 2.58. The zero-order valence-electron chi connectivity index (χ0n) is 14.2. The van der Waals surface area contributed by atoms with Crippen LogP contribution in [0.25, 0.3) is 0 Å². The van der Waals surface area contributed by atoms with Gasteiger partial charge >= 0.3 is 0 Å². The fraction of sp³-hybridized carbons (Fsp3) is 0.350. The molecule has 130 valence electrons. The van der Waals surface area contributed by atoms with Gasteiger partial charge in [-0.05, 0) is 61.3 Å². The Balaban J connectivity index is 1.33. The van der Waals surface area contributed by atoms with Gasteiger partial charge in [0, 0.05) is 18.7 Å². The molecule has 0 aliphatic carbocycles. The zero-order chi connectivity index (χ0) is 17.1. The van der Waals surface area contributed by atoms with Gasteiger partial charge in [0.2, 0.25) is 6.79 Å². The van der Waals surface area contributed by atoms with Crippen LogP contribution in [-0.4, -0.2) is 30.7 Å². The van der Waals surface area contributed by atoms with Gasteiger partial charge in [0.15, 0.2) is 11.5 Å². The second-order valence-electron chi connectivity index (χ2n) is 6.55. The van der Waals surface area contributed by atoms with E-state index in [0.29, 0.717) is 12.1 Å². The quantitative estimate of drug-likeness (QED) is 0.911. The minimum atomic E-state index is -0.0645. The molecule has 0 aromatic heterocycles. The first-order valence-corrected chi connectivity index (χ1v) is 8.76. The van der Waals surface area contributed by atoms with Crippen LogP contribution in [0.3, 0.4) is 0 Å². The summed E-state index contributed by atoms with van der Waals surface area (Å²) < 4.78 is 10.7. The molecule has 0 spiro atoms. The molecule has 1 fully saturated rings. The number of likely N-dealkylation sites (tertiary alicyclic amines) is 1. The molecule has 0 saturated carbocycles. The lowest BCUT2D eigenvalue weighted by molar-refractivity contribution is 0.0951. The van der Waals surface area contributed by atoms with Gasteiger partial charge in [-0.2, -0.15) is 0 Å². The standard InChI is InChI=1S/C20H22N2O3/c23-20(21-12-16-5-8-18-19(11-16)25-14-24-18)17-6-3-15(4-7-17)13-22-9-1-2-10-22/h3-8,11H,1-2,9-10,12-14H2,(H,21,23). The third-order valence-corrected chi connectivity index (χ3v) is 4.71. The maximum atomic E-state index is 12.3. The van der Waals surface area contributed by atoms with Crippen molar-refractivity contribution >= 4 is 5.91 Å². The van der Waals surface area contributed by atoms with E-state index in [1.54, 1.807) is 0 Å². The fourth-order valence-electron chi connectivity index (χ4n) is 3.30. The minimum absolute atomic E-state index is 0.0645. The third kappa shape index (κ3) is 3.77. The number of fused-ring (bicyclic) bond motifs is 1. The van der Waals surface area contributed by atoms with E-state index < -0.39 is 0 Å². The summed E-state index contributed by atoms with van der Waals surface area (Å²) in [5, 5.41) is 2.95. The highest BCUT2D eigenvalue weighted by Gasteiger charge is 2.14. The van der Waals surface area contributed by atoms with Gasteiger partial charge in [0.25, 0.3) is 5.91 Å². The molecule has 2 heterocycles. The number of hydrogen-bond acceptors (Lipinski definition) is 4. The molecule has 2 aromatic carbocycles. The normalized spacial score (nSPS) is 16.2. The van der Waals surface area contributed by atoms with Crippen LogP contribution in [-0.2, 0) is 13.1 Å². The molecule has 1 saturated heterocycles. The van der Waals surface area contributed by atoms with Crippen molar-refractivity contribution in [1.82, 2.24) is 10.2 Å². The molecule has 5 nitrogen and oxygen atoms in total. The minimum Gasteiger partial charge on any atom is -0.454 e. The van der Waals surface area contributed by atoms with E-state index in [0.717, 1.165) is 23.6 Å². The average Bonchev–Trinajstić information content (AvgIpc) is 3.31. The summed E-state index contributed by atoms with van der Waals surface area (Å²) in [6.45, 7) is 4.05. The maximum absolute atomic E-state index is 12.3. The van der Waals surface area contributed by atoms with E-state index in [-0.39, 0.29) is 12.7 Å². The van der Waals surface area contributed by atoms with Gasteiger partial charge in [0.05, 0.1) is 0 Å². The number of nitrogens with one attached hydrogen (secondary N) is 1. The summed E-state index contributed by atoms with van der Waals surface area (Å²) in [7, 11) is 0. The third-order valence-electron chi connectivity index (χ3n) is 4.71. The van der Waals surface area contributed by atoms with Crippen LogP contribution in [0.4, 0.5) is 0 Å². The largest absolute Gasteiger partial charge is 0.454 e. The highest BCUT2D eigenvalue weighted by Crippen LogP contribution is 2.32. The lowest BCUT2D eigenvalue weighted by Gasteiger charge is -2.14. The van der Waals surface area contributed by atoms with Crippen molar-refractivity contribution in [3.8, 4) is 11.5 Å². The van der Waals surface area contributed by atoms with Crippen molar-refractivity contribution in [3.63, 3.8) is 0 Å². The SMILES string of the molecule is O=C(NCc1ccc2c(c1)OCO2)c1ccc(CN2CCCC2)cc1. The monoisotopic (exact) mass is 338 g/mol. The summed E-state index contributed by atoms with van der Waals surface area (Å²) in [5.41, 5.74) is 2.93. The summed E-state index contributed by atoms with van der Waals surface area (Å²) in [5.74, 6) is 1.42. The van der Waals surface area contributed by atoms with Crippen LogP contribution >= 0.6 is 0 Å². The summed E-state index contributed by atoms with van der Waals surface area (Å²) in [6, 6.07) is 13.6. The predicted octanol–water partition coefficient (Wildman–Crippen LogP) is 2.94. The molecule has 2 aliphatic rings. The predicted molar refractivity (Wildman–Crippen MR) is 94.7 cm³/mol. The Morgan fingerprint density at radius 1 is 0.960 bits per heavy atom. The van der Waals surface area contributed by atoms with Gasteiger partial charge < -0.3 is 14.8 Å². The van der Waals surface area contributed by atoms with E-state index in [1.165, 1.54) is 31.5 Å². The van der Waals surface area contributed by atoms with Crippen molar-refractivity contribution in [1.29, 1.82) is 0 Å². The molecule has 4 rings (SSSR count). The van der Waals surface area contributed by atoms with Crippen molar-refractivity contribution < 1.29 is 14.3 Å². The molecule has 0 bridgehead atoms. The number of nitrogens with zero attached hydrogens (tertiary/aromatic N) is 1. The van der Waals surface area contributed by atoms with Crippen LogP contribution in [0, 0.1) is 0 Å². The number of carbonyl (C=O) groups is 1. The first-order chi connectivity index (χ1) is 12.3. The number of carbonyl (C=O) groups excluding carboxylic acids is 1. The molecule has 2 aromatic rings. The van der Waals surface area contributed by atoms with Crippen molar-refractivity contribution in [3.05, 3.63) is 59.2 Å². The van der Waals surface area contributed by atoms with E-state index in [9.17, 15) is 4.79 Å². The number of amides is 1. The second-order valence-corrected chi connectivity index (χ2v) is 6.55. The van der Waals surface area contributed by atoms with E-state index >= 15 is 0 Å². The van der Waals surface area contributed by atoms with Crippen LogP contribution < -0.4 is 14.8 Å².